The van der Waals surface area contributed by atoms with Gasteiger partial charge in [-0.3, -0.25) is 9.69 Å². The van der Waals surface area contributed by atoms with Crippen LogP contribution in [0.1, 0.15) is 117 Å². The first-order chi connectivity index (χ1) is 12.1. The monoisotopic (exact) mass is 355 g/mol. The van der Waals surface area contributed by atoms with Crippen LogP contribution in [0, 0.1) is 0 Å². The highest BCUT2D eigenvalue weighted by molar-refractivity contribution is 5.69. The molecule has 0 fully saturated rings. The lowest BCUT2D eigenvalue weighted by atomic mass is 10.0. The highest BCUT2D eigenvalue weighted by Crippen LogP contribution is 2.14. The topological polar surface area (TPSA) is 40.5 Å². The van der Waals surface area contributed by atoms with Crippen molar-refractivity contribution in [3.63, 3.8) is 0 Å². The van der Waals surface area contributed by atoms with Gasteiger partial charge in [-0.15, -0.1) is 0 Å². The molecule has 0 aliphatic heterocycles. The number of carbonyl (C=O) groups is 1. The minimum atomic E-state index is -0.731. The SMILES string of the molecule is CCCCCCCCCCCCCCCCCC(C)N(C)CC(=O)O. The number of hydrogen-bond donors (Lipinski definition) is 1. The Labute approximate surface area is 157 Å². The molecule has 3 heteroatoms. The van der Waals surface area contributed by atoms with Crippen LogP contribution in [0.15, 0.2) is 0 Å². The van der Waals surface area contributed by atoms with Crippen molar-refractivity contribution in [2.45, 2.75) is 123 Å². The molecule has 0 rings (SSSR count). The van der Waals surface area contributed by atoms with E-state index in [4.69, 9.17) is 5.11 Å². The summed E-state index contributed by atoms with van der Waals surface area (Å²) in [5, 5.41) is 8.79. The summed E-state index contributed by atoms with van der Waals surface area (Å²) in [5.74, 6) is -0.731. The molecule has 1 N–H and O–H groups in total. The first kappa shape index (κ1) is 24.4. The molecule has 150 valence electrons. The Morgan fingerprint density at radius 2 is 1.12 bits per heavy atom. The van der Waals surface area contributed by atoms with Gasteiger partial charge in [-0.1, -0.05) is 103 Å². The third-order valence-electron chi connectivity index (χ3n) is 5.36. The summed E-state index contributed by atoms with van der Waals surface area (Å²) in [7, 11) is 1.91. The zero-order valence-corrected chi connectivity index (χ0v) is 17.4. The van der Waals surface area contributed by atoms with E-state index in [1.807, 2.05) is 11.9 Å². The number of hydrogen-bond acceptors (Lipinski definition) is 2. The molecule has 25 heavy (non-hydrogen) atoms. The maximum absolute atomic E-state index is 10.7. The number of unbranched alkanes of at least 4 members (excludes halogenated alkanes) is 14. The van der Waals surface area contributed by atoms with E-state index >= 15 is 0 Å². The predicted molar refractivity (Wildman–Crippen MR) is 109 cm³/mol. The van der Waals surface area contributed by atoms with Crippen LogP contribution in [0.2, 0.25) is 0 Å². The Kier molecular flexibility index (Phi) is 17.8. The van der Waals surface area contributed by atoms with Crippen LogP contribution < -0.4 is 0 Å². The molecule has 0 aliphatic carbocycles. The Morgan fingerprint density at radius 1 is 0.760 bits per heavy atom. The fourth-order valence-corrected chi connectivity index (χ4v) is 3.40. The highest BCUT2D eigenvalue weighted by atomic mass is 16.4. The molecule has 0 aromatic heterocycles. The molecular weight excluding hydrogens is 310 g/mol. The quantitative estimate of drug-likeness (QED) is 0.264. The lowest BCUT2D eigenvalue weighted by Crippen LogP contribution is -2.33. The van der Waals surface area contributed by atoms with Crippen molar-refractivity contribution in [3.8, 4) is 0 Å². The van der Waals surface area contributed by atoms with Gasteiger partial charge in [0.1, 0.15) is 0 Å². The molecule has 0 aromatic rings. The van der Waals surface area contributed by atoms with Crippen molar-refractivity contribution in [1.29, 1.82) is 0 Å². The normalized spacial score (nSPS) is 12.6. The van der Waals surface area contributed by atoms with Crippen LogP contribution >= 0.6 is 0 Å². The highest BCUT2D eigenvalue weighted by Gasteiger charge is 2.11. The average molecular weight is 356 g/mol. The summed E-state index contributed by atoms with van der Waals surface area (Å²) in [5.41, 5.74) is 0. The molecular formula is C22H45NO2. The van der Waals surface area contributed by atoms with E-state index in [1.54, 1.807) is 0 Å². The first-order valence-corrected chi connectivity index (χ1v) is 11.0. The Bertz CT molecular complexity index is 294. The van der Waals surface area contributed by atoms with Gasteiger partial charge in [0, 0.05) is 6.04 Å². The van der Waals surface area contributed by atoms with Crippen LogP contribution in [-0.2, 0) is 4.79 Å². The maximum Gasteiger partial charge on any atom is 0.317 e. The van der Waals surface area contributed by atoms with Gasteiger partial charge in [0.15, 0.2) is 0 Å². The van der Waals surface area contributed by atoms with Gasteiger partial charge in [-0.05, 0) is 20.4 Å². The molecule has 3 nitrogen and oxygen atoms in total. The second-order valence-corrected chi connectivity index (χ2v) is 7.90. The predicted octanol–water partition coefficient (Wildman–Crippen LogP) is 6.65. The van der Waals surface area contributed by atoms with Gasteiger partial charge < -0.3 is 5.11 Å². The van der Waals surface area contributed by atoms with E-state index in [-0.39, 0.29) is 6.54 Å². The van der Waals surface area contributed by atoms with E-state index in [0.29, 0.717) is 6.04 Å². The largest absolute Gasteiger partial charge is 0.480 e. The van der Waals surface area contributed by atoms with E-state index < -0.39 is 5.97 Å². The Hall–Kier alpha value is -0.570. The van der Waals surface area contributed by atoms with Gasteiger partial charge in [0.25, 0.3) is 0 Å². The number of carboxylic acid groups (broad SMARTS) is 1. The second kappa shape index (κ2) is 18.2. The van der Waals surface area contributed by atoms with Gasteiger partial charge in [0.05, 0.1) is 6.54 Å². The minimum absolute atomic E-state index is 0.153. The minimum Gasteiger partial charge on any atom is -0.480 e. The van der Waals surface area contributed by atoms with Crippen LogP contribution in [-0.4, -0.2) is 35.6 Å². The van der Waals surface area contributed by atoms with Crippen molar-refractivity contribution in [1.82, 2.24) is 4.90 Å². The van der Waals surface area contributed by atoms with E-state index in [9.17, 15) is 4.79 Å². The van der Waals surface area contributed by atoms with E-state index in [2.05, 4.69) is 13.8 Å². The number of aliphatic carboxylic acids is 1. The zero-order chi connectivity index (χ0) is 18.8. The fraction of sp³-hybridized carbons (Fsp3) is 0.955. The lowest BCUT2D eigenvalue weighted by molar-refractivity contribution is -0.138. The average Bonchev–Trinajstić information content (AvgIpc) is 2.57. The van der Waals surface area contributed by atoms with Crippen LogP contribution in [0.25, 0.3) is 0 Å². The molecule has 0 heterocycles. The lowest BCUT2D eigenvalue weighted by Gasteiger charge is -2.22. The molecule has 0 amide bonds. The molecule has 0 spiro atoms. The summed E-state index contributed by atoms with van der Waals surface area (Å²) < 4.78 is 0. The van der Waals surface area contributed by atoms with Crippen molar-refractivity contribution >= 4 is 5.97 Å². The molecule has 0 aromatic carbocycles. The second-order valence-electron chi connectivity index (χ2n) is 7.90. The Morgan fingerprint density at radius 3 is 1.48 bits per heavy atom. The molecule has 0 saturated carbocycles. The summed E-state index contributed by atoms with van der Waals surface area (Å²) in [6.45, 7) is 4.56. The van der Waals surface area contributed by atoms with E-state index in [0.717, 1.165) is 6.42 Å². The molecule has 0 aliphatic rings. The summed E-state index contributed by atoms with van der Waals surface area (Å²) >= 11 is 0. The van der Waals surface area contributed by atoms with Crippen molar-refractivity contribution in [2.24, 2.45) is 0 Å². The maximum atomic E-state index is 10.7. The smallest absolute Gasteiger partial charge is 0.317 e. The molecule has 0 radical (unpaired) electrons. The van der Waals surface area contributed by atoms with Gasteiger partial charge in [0.2, 0.25) is 0 Å². The molecule has 0 bridgehead atoms. The van der Waals surface area contributed by atoms with E-state index in [1.165, 1.54) is 96.3 Å². The number of likely N-dealkylation sites (N-methyl/N-ethyl adjacent to an activating group) is 1. The number of nitrogens with zero attached hydrogens (tertiary/aromatic N) is 1. The van der Waals surface area contributed by atoms with Crippen LogP contribution in [0.4, 0.5) is 0 Å². The fourth-order valence-electron chi connectivity index (χ4n) is 3.40. The Balaban J connectivity index is 3.20. The standard InChI is InChI=1S/C22H45NO2/c1-4-5-6-7-8-9-10-11-12-13-14-15-16-17-18-19-21(2)23(3)20-22(24)25/h21H,4-20H2,1-3H3,(H,24,25). The number of carboxylic acids is 1. The molecule has 1 atom stereocenters. The zero-order valence-electron chi connectivity index (χ0n) is 17.4. The van der Waals surface area contributed by atoms with Crippen LogP contribution in [0.3, 0.4) is 0 Å². The summed E-state index contributed by atoms with van der Waals surface area (Å²) in [4.78, 5) is 12.6. The molecule has 0 saturated heterocycles. The number of rotatable bonds is 19. The van der Waals surface area contributed by atoms with Gasteiger partial charge in [-0.2, -0.15) is 0 Å². The van der Waals surface area contributed by atoms with Gasteiger partial charge in [-0.25, -0.2) is 0 Å². The first-order valence-electron chi connectivity index (χ1n) is 11.0. The summed E-state index contributed by atoms with van der Waals surface area (Å²) in [6, 6.07) is 0.373. The van der Waals surface area contributed by atoms with Crippen molar-refractivity contribution in [2.75, 3.05) is 13.6 Å². The van der Waals surface area contributed by atoms with Gasteiger partial charge >= 0.3 is 5.97 Å². The summed E-state index contributed by atoms with van der Waals surface area (Å²) in [6.07, 6.45) is 22.0. The van der Waals surface area contributed by atoms with Crippen LogP contribution in [0.5, 0.6) is 0 Å². The third kappa shape index (κ3) is 18.0. The molecule has 1 unspecified atom stereocenters. The third-order valence-corrected chi connectivity index (χ3v) is 5.36. The van der Waals surface area contributed by atoms with Crippen molar-refractivity contribution < 1.29 is 9.90 Å². The van der Waals surface area contributed by atoms with Crippen molar-refractivity contribution in [3.05, 3.63) is 0 Å².